The van der Waals surface area contributed by atoms with Crippen molar-refractivity contribution in [2.24, 2.45) is 5.73 Å². The smallest absolute Gasteiger partial charge is 0.222 e. The Morgan fingerprint density at radius 1 is 1.26 bits per heavy atom. The molecule has 1 atom stereocenters. The number of halogens is 1. The summed E-state index contributed by atoms with van der Waals surface area (Å²) in [6, 6.07) is 15.7. The van der Waals surface area contributed by atoms with Crippen molar-refractivity contribution < 1.29 is 9.18 Å². The fraction of sp³-hybridized carbons (Fsp3) is 0.167. The number of hydrogen-bond acceptors (Lipinski definition) is 4. The molecule has 0 aliphatic carbocycles. The summed E-state index contributed by atoms with van der Waals surface area (Å²) in [6.07, 6.45) is 5.02. The lowest BCUT2D eigenvalue weighted by Gasteiger charge is -2.39. The minimum absolute atomic E-state index is 0.176. The number of hydrogen-bond donors (Lipinski definition) is 3. The molecule has 2 aromatic carbocycles. The normalized spacial score (nSPS) is 13.4. The quantitative estimate of drug-likeness (QED) is 0.380. The summed E-state index contributed by atoms with van der Waals surface area (Å²) < 4.78 is 13.4. The highest BCUT2D eigenvalue weighted by atomic mass is 19.1. The Morgan fingerprint density at radius 3 is 2.55 bits per heavy atom. The van der Waals surface area contributed by atoms with Crippen molar-refractivity contribution in [1.82, 2.24) is 20.4 Å². The number of aromatic nitrogens is 2. The number of aromatic amines is 1. The topological polar surface area (TPSA) is 87.0 Å². The van der Waals surface area contributed by atoms with E-state index in [0.717, 1.165) is 11.1 Å². The third-order valence-electron chi connectivity index (χ3n) is 4.86. The van der Waals surface area contributed by atoms with Gasteiger partial charge in [0.05, 0.1) is 11.9 Å². The van der Waals surface area contributed by atoms with E-state index in [1.807, 2.05) is 30.3 Å². The second-order valence-electron chi connectivity index (χ2n) is 7.34. The van der Waals surface area contributed by atoms with Gasteiger partial charge in [-0.3, -0.25) is 15.6 Å². The first kappa shape index (κ1) is 22.0. The molecule has 0 aliphatic heterocycles. The van der Waals surface area contributed by atoms with Gasteiger partial charge < -0.3 is 10.2 Å². The minimum Gasteiger partial charge on any atom is -0.350 e. The highest BCUT2D eigenvalue weighted by molar-refractivity contribution is 5.79. The zero-order valence-corrected chi connectivity index (χ0v) is 17.6. The predicted molar refractivity (Wildman–Crippen MR) is 121 cm³/mol. The summed E-state index contributed by atoms with van der Waals surface area (Å²) in [5.41, 5.74) is 10.3. The SMILES string of the molecule is C=C/C=C(\NC(C)(N)N(Cc1ccccc1)C(C)=O)c1cn[nH]c1-c1ccc(F)cc1. The lowest BCUT2D eigenvalue weighted by molar-refractivity contribution is -0.136. The molecular weight excluding hydrogens is 393 g/mol. The van der Waals surface area contributed by atoms with Crippen LogP contribution in [0.1, 0.15) is 25.0 Å². The summed E-state index contributed by atoms with van der Waals surface area (Å²) in [5, 5.41) is 10.4. The van der Waals surface area contributed by atoms with Crippen LogP contribution < -0.4 is 11.1 Å². The number of nitrogens with two attached hydrogens (primary N) is 1. The first-order valence-electron chi connectivity index (χ1n) is 9.83. The van der Waals surface area contributed by atoms with Gasteiger partial charge in [-0.25, -0.2) is 4.39 Å². The molecular formula is C24H26FN5O. The Bertz CT molecular complexity index is 1070. The third-order valence-corrected chi connectivity index (χ3v) is 4.86. The minimum atomic E-state index is -1.21. The monoisotopic (exact) mass is 419 g/mol. The van der Waals surface area contributed by atoms with Gasteiger partial charge in [-0.1, -0.05) is 43.0 Å². The number of nitrogens with zero attached hydrogens (tertiary/aromatic N) is 2. The first-order valence-corrected chi connectivity index (χ1v) is 9.83. The van der Waals surface area contributed by atoms with E-state index in [2.05, 4.69) is 22.1 Å². The van der Waals surface area contributed by atoms with Crippen LogP contribution in [-0.2, 0) is 11.3 Å². The Balaban J connectivity index is 1.93. The van der Waals surface area contributed by atoms with Crippen LogP contribution in [0.2, 0.25) is 0 Å². The molecule has 1 aromatic heterocycles. The highest BCUT2D eigenvalue weighted by Crippen LogP contribution is 2.27. The molecule has 0 bridgehead atoms. The van der Waals surface area contributed by atoms with Gasteiger partial charge in [-0.15, -0.1) is 0 Å². The molecule has 3 rings (SSSR count). The molecule has 0 saturated carbocycles. The van der Waals surface area contributed by atoms with Crippen LogP contribution >= 0.6 is 0 Å². The van der Waals surface area contributed by atoms with Gasteiger partial charge in [-0.05, 0) is 42.8 Å². The molecule has 1 amide bonds. The zero-order chi connectivity index (χ0) is 22.4. The molecule has 6 nitrogen and oxygen atoms in total. The van der Waals surface area contributed by atoms with E-state index in [0.29, 0.717) is 23.5 Å². The van der Waals surface area contributed by atoms with Crippen LogP contribution in [0.15, 0.2) is 79.5 Å². The van der Waals surface area contributed by atoms with Crippen LogP contribution in [0.5, 0.6) is 0 Å². The summed E-state index contributed by atoms with van der Waals surface area (Å²) in [6.45, 7) is 7.33. The average Bonchev–Trinajstić information content (AvgIpc) is 3.22. The van der Waals surface area contributed by atoms with Crippen molar-refractivity contribution in [2.45, 2.75) is 26.2 Å². The van der Waals surface area contributed by atoms with E-state index >= 15 is 0 Å². The second kappa shape index (κ2) is 9.40. The van der Waals surface area contributed by atoms with E-state index in [9.17, 15) is 9.18 Å². The van der Waals surface area contributed by atoms with Crippen LogP contribution in [-0.4, -0.2) is 26.8 Å². The fourth-order valence-electron chi connectivity index (χ4n) is 3.35. The molecule has 0 spiro atoms. The number of nitrogens with one attached hydrogen (secondary N) is 2. The van der Waals surface area contributed by atoms with Crippen LogP contribution in [0.3, 0.4) is 0 Å². The van der Waals surface area contributed by atoms with E-state index in [1.54, 1.807) is 42.3 Å². The molecule has 31 heavy (non-hydrogen) atoms. The Hall–Kier alpha value is -3.71. The van der Waals surface area contributed by atoms with Crippen molar-refractivity contribution in [2.75, 3.05) is 0 Å². The van der Waals surface area contributed by atoms with Crippen LogP contribution in [0.4, 0.5) is 4.39 Å². The predicted octanol–water partition coefficient (Wildman–Crippen LogP) is 4.01. The largest absolute Gasteiger partial charge is 0.350 e. The van der Waals surface area contributed by atoms with Gasteiger partial charge >= 0.3 is 0 Å². The van der Waals surface area contributed by atoms with Crippen molar-refractivity contribution in [3.05, 3.63) is 96.5 Å². The number of allylic oxidation sites excluding steroid dienone is 2. The summed E-state index contributed by atoms with van der Waals surface area (Å²) in [7, 11) is 0. The standard InChI is InChI=1S/C24H26FN5O/c1-4-8-22(21-15-27-29-23(21)19-11-13-20(25)14-12-19)28-24(3,26)30(17(2)31)16-18-9-6-5-7-10-18/h4-15,28H,1,16,26H2,2-3H3,(H,27,29)/b22-8-. The first-order chi connectivity index (χ1) is 14.8. The van der Waals surface area contributed by atoms with Crippen LogP contribution in [0, 0.1) is 5.82 Å². The molecule has 0 aliphatic rings. The number of rotatable bonds is 8. The van der Waals surface area contributed by atoms with E-state index < -0.39 is 5.79 Å². The third kappa shape index (κ3) is 5.26. The highest BCUT2D eigenvalue weighted by Gasteiger charge is 2.31. The van der Waals surface area contributed by atoms with E-state index in [1.165, 1.54) is 19.1 Å². The molecule has 1 heterocycles. The van der Waals surface area contributed by atoms with Crippen molar-refractivity contribution in [3.8, 4) is 11.3 Å². The fourth-order valence-corrected chi connectivity index (χ4v) is 3.35. The van der Waals surface area contributed by atoms with E-state index in [4.69, 9.17) is 5.73 Å². The maximum atomic E-state index is 13.4. The van der Waals surface area contributed by atoms with Gasteiger partial charge in [0, 0.05) is 30.3 Å². The lowest BCUT2D eigenvalue weighted by Crippen LogP contribution is -2.63. The molecule has 0 fully saturated rings. The summed E-state index contributed by atoms with van der Waals surface area (Å²) in [5.74, 6) is -1.71. The maximum Gasteiger partial charge on any atom is 0.222 e. The Labute approximate surface area is 181 Å². The Morgan fingerprint density at radius 2 is 1.94 bits per heavy atom. The Kier molecular flexibility index (Phi) is 6.67. The maximum absolute atomic E-state index is 13.4. The molecule has 4 N–H and O–H groups in total. The van der Waals surface area contributed by atoms with Crippen molar-refractivity contribution in [1.29, 1.82) is 0 Å². The molecule has 0 saturated heterocycles. The molecule has 7 heteroatoms. The molecule has 3 aromatic rings. The number of amides is 1. The number of benzene rings is 2. The molecule has 0 radical (unpaired) electrons. The van der Waals surface area contributed by atoms with Crippen molar-refractivity contribution >= 4 is 11.6 Å². The molecule has 1 unspecified atom stereocenters. The van der Waals surface area contributed by atoms with E-state index in [-0.39, 0.29) is 11.7 Å². The summed E-state index contributed by atoms with van der Waals surface area (Å²) in [4.78, 5) is 14.0. The zero-order valence-electron chi connectivity index (χ0n) is 17.6. The van der Waals surface area contributed by atoms with Gasteiger partial charge in [0.2, 0.25) is 5.91 Å². The van der Waals surface area contributed by atoms with Crippen molar-refractivity contribution in [3.63, 3.8) is 0 Å². The number of carbonyl (C=O) groups is 1. The second-order valence-corrected chi connectivity index (χ2v) is 7.34. The van der Waals surface area contributed by atoms with Gasteiger partial charge in [-0.2, -0.15) is 5.10 Å². The average molecular weight is 420 g/mol. The van der Waals surface area contributed by atoms with Gasteiger partial charge in [0.15, 0.2) is 5.79 Å². The number of carbonyl (C=O) groups excluding carboxylic acids is 1. The molecule has 160 valence electrons. The summed E-state index contributed by atoms with van der Waals surface area (Å²) >= 11 is 0. The lowest BCUT2D eigenvalue weighted by atomic mass is 10.0. The van der Waals surface area contributed by atoms with Gasteiger partial charge in [0.1, 0.15) is 5.82 Å². The number of H-pyrrole nitrogens is 1. The van der Waals surface area contributed by atoms with Crippen LogP contribution in [0.25, 0.3) is 17.0 Å². The van der Waals surface area contributed by atoms with Gasteiger partial charge in [0.25, 0.3) is 0 Å².